The minimum Gasteiger partial charge on any atom is -0.491 e. The van der Waals surface area contributed by atoms with Gasteiger partial charge in [0.05, 0.1) is 17.4 Å². The van der Waals surface area contributed by atoms with Crippen LogP contribution in [0.3, 0.4) is 0 Å². The zero-order valence-corrected chi connectivity index (χ0v) is 15.2. The van der Waals surface area contributed by atoms with Gasteiger partial charge in [0, 0.05) is 24.6 Å². The van der Waals surface area contributed by atoms with Crippen molar-refractivity contribution < 1.29 is 9.53 Å². The smallest absolute Gasteiger partial charge is 0.257 e. The van der Waals surface area contributed by atoms with E-state index < -0.39 is 0 Å². The Morgan fingerprint density at radius 1 is 1.12 bits per heavy atom. The number of rotatable bonds is 9. The summed E-state index contributed by atoms with van der Waals surface area (Å²) in [5.41, 5.74) is 2.12. The highest BCUT2D eigenvalue weighted by molar-refractivity contribution is 6.04. The van der Waals surface area contributed by atoms with Gasteiger partial charge < -0.3 is 15.4 Å². The first-order chi connectivity index (χ1) is 12.1. The minimum atomic E-state index is -0.178. The van der Waals surface area contributed by atoms with E-state index in [9.17, 15) is 4.79 Å². The molecule has 5 nitrogen and oxygen atoms in total. The number of hydrogen-bond donors (Lipinski definition) is 2. The van der Waals surface area contributed by atoms with Gasteiger partial charge in [0.2, 0.25) is 0 Å². The molecule has 134 valence electrons. The molecule has 0 atom stereocenters. The van der Waals surface area contributed by atoms with Crippen molar-refractivity contribution in [1.29, 1.82) is 0 Å². The second-order valence-corrected chi connectivity index (χ2v) is 6.24. The van der Waals surface area contributed by atoms with E-state index in [1.807, 2.05) is 44.2 Å². The highest BCUT2D eigenvalue weighted by Crippen LogP contribution is 2.18. The quantitative estimate of drug-likeness (QED) is 0.648. The molecule has 0 aliphatic carbocycles. The van der Waals surface area contributed by atoms with Gasteiger partial charge in [0.1, 0.15) is 5.75 Å². The predicted molar refractivity (Wildman–Crippen MR) is 102 cm³/mol. The number of nitrogens with zero attached hydrogens (tertiary/aromatic N) is 1. The molecule has 0 saturated carbocycles. The van der Waals surface area contributed by atoms with Crippen molar-refractivity contribution in [2.45, 2.75) is 46.1 Å². The summed E-state index contributed by atoms with van der Waals surface area (Å²) in [6, 6.07) is 9.18. The number of anilines is 2. The molecule has 1 aromatic heterocycles. The summed E-state index contributed by atoms with van der Waals surface area (Å²) in [7, 11) is 0. The first-order valence-electron chi connectivity index (χ1n) is 8.85. The van der Waals surface area contributed by atoms with Crippen LogP contribution in [0.15, 0.2) is 42.7 Å². The molecule has 5 heteroatoms. The second kappa shape index (κ2) is 9.67. The average Bonchev–Trinajstić information content (AvgIpc) is 2.60. The lowest BCUT2D eigenvalue weighted by atomic mass is 10.2. The van der Waals surface area contributed by atoms with E-state index in [0.29, 0.717) is 5.56 Å². The average molecular weight is 341 g/mol. The molecule has 2 N–H and O–H groups in total. The third kappa shape index (κ3) is 6.45. The normalized spacial score (nSPS) is 10.6. The van der Waals surface area contributed by atoms with E-state index in [0.717, 1.165) is 30.1 Å². The van der Waals surface area contributed by atoms with E-state index in [1.54, 1.807) is 12.4 Å². The number of amides is 1. The lowest BCUT2D eigenvalue weighted by Gasteiger charge is -2.11. The lowest BCUT2D eigenvalue weighted by molar-refractivity contribution is 0.102. The molecule has 1 heterocycles. The highest BCUT2D eigenvalue weighted by atomic mass is 16.5. The number of carbonyl (C=O) groups is 1. The Balaban J connectivity index is 1.93. The molecule has 0 aliphatic rings. The Labute approximate surface area is 149 Å². The molecule has 2 aromatic rings. The van der Waals surface area contributed by atoms with Crippen molar-refractivity contribution >= 4 is 17.3 Å². The van der Waals surface area contributed by atoms with E-state index in [2.05, 4.69) is 22.5 Å². The number of pyridine rings is 1. The van der Waals surface area contributed by atoms with Gasteiger partial charge in [0.25, 0.3) is 5.91 Å². The number of benzene rings is 1. The number of aromatic nitrogens is 1. The molecule has 0 unspecified atom stereocenters. The Morgan fingerprint density at radius 2 is 1.88 bits per heavy atom. The third-order valence-corrected chi connectivity index (χ3v) is 3.59. The van der Waals surface area contributed by atoms with Gasteiger partial charge in [-0.05, 0) is 50.6 Å². The number of carbonyl (C=O) groups excluding carboxylic acids is 1. The van der Waals surface area contributed by atoms with Gasteiger partial charge in [-0.25, -0.2) is 0 Å². The number of unbranched alkanes of at least 4 members (excludes halogenated alkanes) is 2. The second-order valence-electron chi connectivity index (χ2n) is 6.24. The first kappa shape index (κ1) is 18.8. The van der Waals surface area contributed by atoms with Crippen LogP contribution in [0.25, 0.3) is 0 Å². The lowest BCUT2D eigenvalue weighted by Crippen LogP contribution is -2.13. The zero-order chi connectivity index (χ0) is 18.1. The third-order valence-electron chi connectivity index (χ3n) is 3.59. The van der Waals surface area contributed by atoms with Gasteiger partial charge in [0.15, 0.2) is 0 Å². The van der Waals surface area contributed by atoms with Crippen LogP contribution in [-0.2, 0) is 0 Å². The van der Waals surface area contributed by atoms with E-state index in [4.69, 9.17) is 4.74 Å². The van der Waals surface area contributed by atoms with Crippen molar-refractivity contribution in [3.8, 4) is 5.75 Å². The molecule has 0 spiro atoms. The maximum Gasteiger partial charge on any atom is 0.257 e. The van der Waals surface area contributed by atoms with Crippen LogP contribution >= 0.6 is 0 Å². The molecule has 2 rings (SSSR count). The largest absolute Gasteiger partial charge is 0.491 e. The first-order valence-corrected chi connectivity index (χ1v) is 8.85. The van der Waals surface area contributed by atoms with Gasteiger partial charge in [-0.3, -0.25) is 9.78 Å². The van der Waals surface area contributed by atoms with Crippen LogP contribution in [0.2, 0.25) is 0 Å². The molecular weight excluding hydrogens is 314 g/mol. The van der Waals surface area contributed by atoms with Crippen LogP contribution in [0.1, 0.15) is 50.4 Å². The SMILES string of the molecule is CCCCCNc1cncc(C(=O)Nc2ccc(OC(C)C)cc2)c1. The molecule has 0 saturated heterocycles. The van der Waals surface area contributed by atoms with Crippen LogP contribution in [0, 0.1) is 0 Å². The van der Waals surface area contributed by atoms with E-state index in [1.165, 1.54) is 12.8 Å². The summed E-state index contributed by atoms with van der Waals surface area (Å²) in [5, 5.41) is 6.19. The van der Waals surface area contributed by atoms with Crippen LogP contribution in [-0.4, -0.2) is 23.5 Å². The van der Waals surface area contributed by atoms with Crippen molar-refractivity contribution in [3.63, 3.8) is 0 Å². The summed E-state index contributed by atoms with van der Waals surface area (Å²) in [5.74, 6) is 0.607. The number of ether oxygens (including phenoxy) is 1. The van der Waals surface area contributed by atoms with Crippen LogP contribution < -0.4 is 15.4 Å². The monoisotopic (exact) mass is 341 g/mol. The maximum atomic E-state index is 12.4. The Hall–Kier alpha value is -2.56. The Morgan fingerprint density at radius 3 is 2.56 bits per heavy atom. The fraction of sp³-hybridized carbons (Fsp3) is 0.400. The minimum absolute atomic E-state index is 0.124. The van der Waals surface area contributed by atoms with Crippen molar-refractivity contribution in [3.05, 3.63) is 48.3 Å². The molecular formula is C20H27N3O2. The molecule has 0 radical (unpaired) electrons. The topological polar surface area (TPSA) is 63.2 Å². The van der Waals surface area contributed by atoms with E-state index >= 15 is 0 Å². The van der Waals surface area contributed by atoms with Gasteiger partial charge in [-0.2, -0.15) is 0 Å². The van der Waals surface area contributed by atoms with Crippen LogP contribution in [0.5, 0.6) is 5.75 Å². The van der Waals surface area contributed by atoms with Gasteiger partial charge in [-0.1, -0.05) is 19.8 Å². The standard InChI is InChI=1S/C20H27N3O2/c1-4-5-6-11-22-18-12-16(13-21-14-18)20(24)23-17-7-9-19(10-8-17)25-15(2)3/h7-10,12-15,22H,4-6,11H2,1-3H3,(H,23,24). The molecule has 0 fully saturated rings. The summed E-state index contributed by atoms with van der Waals surface area (Å²) in [6.45, 7) is 7.02. The summed E-state index contributed by atoms with van der Waals surface area (Å²) >= 11 is 0. The Bertz CT molecular complexity index is 669. The predicted octanol–water partition coefficient (Wildman–Crippen LogP) is 4.72. The number of nitrogens with one attached hydrogen (secondary N) is 2. The molecule has 0 bridgehead atoms. The number of hydrogen-bond acceptors (Lipinski definition) is 4. The van der Waals surface area contributed by atoms with Crippen molar-refractivity contribution in [2.24, 2.45) is 0 Å². The van der Waals surface area contributed by atoms with Crippen molar-refractivity contribution in [1.82, 2.24) is 4.98 Å². The highest BCUT2D eigenvalue weighted by Gasteiger charge is 2.08. The molecule has 1 amide bonds. The fourth-order valence-electron chi connectivity index (χ4n) is 2.36. The van der Waals surface area contributed by atoms with Gasteiger partial charge in [-0.15, -0.1) is 0 Å². The van der Waals surface area contributed by atoms with Crippen molar-refractivity contribution in [2.75, 3.05) is 17.2 Å². The van der Waals surface area contributed by atoms with Gasteiger partial charge >= 0.3 is 0 Å². The molecule has 25 heavy (non-hydrogen) atoms. The summed E-state index contributed by atoms with van der Waals surface area (Å²) in [4.78, 5) is 16.5. The molecule has 1 aromatic carbocycles. The molecule has 0 aliphatic heterocycles. The van der Waals surface area contributed by atoms with Crippen LogP contribution in [0.4, 0.5) is 11.4 Å². The summed E-state index contributed by atoms with van der Waals surface area (Å²) in [6.07, 6.45) is 6.92. The maximum absolute atomic E-state index is 12.4. The zero-order valence-electron chi connectivity index (χ0n) is 15.2. The Kier molecular flexibility index (Phi) is 7.26. The van der Waals surface area contributed by atoms with E-state index in [-0.39, 0.29) is 12.0 Å². The fourth-order valence-corrected chi connectivity index (χ4v) is 2.36. The summed E-state index contributed by atoms with van der Waals surface area (Å²) < 4.78 is 5.60.